The first-order valence-electron chi connectivity index (χ1n) is 7.03. The van der Waals surface area contributed by atoms with Gasteiger partial charge in [-0.15, -0.1) is 0 Å². The van der Waals surface area contributed by atoms with Gasteiger partial charge in [0.25, 0.3) is 0 Å². The Kier molecular flexibility index (Phi) is 5.62. The summed E-state index contributed by atoms with van der Waals surface area (Å²) in [4.78, 5) is 29.8. The van der Waals surface area contributed by atoms with Crippen molar-refractivity contribution in [2.75, 3.05) is 7.11 Å². The normalized spacial score (nSPS) is 11.1. The number of phenolic OH excluding ortho intramolecular Hbond substituents is 1. The highest BCUT2D eigenvalue weighted by Crippen LogP contribution is 2.37. The minimum Gasteiger partial charge on any atom is -0.504 e. The Morgan fingerprint density at radius 3 is 2.58 bits per heavy atom. The number of phosphoric acid groups is 1. The van der Waals surface area contributed by atoms with Crippen LogP contribution >= 0.6 is 7.82 Å². The number of methoxy groups -OCH3 is 1. The second-order valence-corrected chi connectivity index (χ2v) is 6.20. The highest BCUT2D eigenvalue weighted by atomic mass is 31.2. The molecule has 2 rings (SSSR count). The molecule has 0 unspecified atom stereocenters. The van der Waals surface area contributed by atoms with E-state index in [9.17, 15) is 14.5 Å². The summed E-state index contributed by atoms with van der Waals surface area (Å²) in [5.74, 6) is 0.0885. The largest absolute Gasteiger partial charge is 0.524 e. The minimum atomic E-state index is -4.66. The lowest BCUT2D eigenvalue weighted by molar-refractivity contribution is 0.0982. The summed E-state index contributed by atoms with van der Waals surface area (Å²) in [7, 11) is -3.22. The highest BCUT2D eigenvalue weighted by Gasteiger charge is 2.17. The van der Waals surface area contributed by atoms with Crippen LogP contribution in [0.2, 0.25) is 0 Å². The molecule has 0 atom stereocenters. The van der Waals surface area contributed by atoms with Crippen LogP contribution in [-0.2, 0) is 11.0 Å². The number of Topliss-reactive ketones (excluding diaryl/α,β-unsaturated/α-hetero) is 1. The maximum Gasteiger partial charge on any atom is 0.524 e. The summed E-state index contributed by atoms with van der Waals surface area (Å²) in [5.41, 5.74) is 1.12. The van der Waals surface area contributed by atoms with Gasteiger partial charge in [0.2, 0.25) is 0 Å². The van der Waals surface area contributed by atoms with Crippen molar-refractivity contribution in [3.63, 3.8) is 0 Å². The van der Waals surface area contributed by atoms with Crippen LogP contribution in [0.3, 0.4) is 0 Å². The number of ether oxygens (including phenoxy) is 1. The van der Waals surface area contributed by atoms with Gasteiger partial charge in [-0.3, -0.25) is 14.6 Å². The second kappa shape index (κ2) is 7.49. The number of phosphoric ester groups is 1. The molecule has 0 fully saturated rings. The Morgan fingerprint density at radius 1 is 1.17 bits per heavy atom. The number of ketones is 1. The van der Waals surface area contributed by atoms with E-state index in [2.05, 4.69) is 4.52 Å². The van der Waals surface area contributed by atoms with E-state index in [0.29, 0.717) is 17.7 Å². The zero-order valence-electron chi connectivity index (χ0n) is 12.9. The van der Waals surface area contributed by atoms with Gasteiger partial charge >= 0.3 is 7.82 Å². The number of benzene rings is 2. The molecule has 0 radical (unpaired) electrons. The van der Waals surface area contributed by atoms with Crippen molar-refractivity contribution in [2.45, 2.75) is 12.8 Å². The first-order chi connectivity index (χ1) is 11.3. The number of phenols is 1. The van der Waals surface area contributed by atoms with Gasteiger partial charge in [0.1, 0.15) is 5.75 Å². The summed E-state index contributed by atoms with van der Waals surface area (Å²) >= 11 is 0. The van der Waals surface area contributed by atoms with E-state index >= 15 is 0 Å². The predicted molar refractivity (Wildman–Crippen MR) is 86.4 cm³/mol. The zero-order valence-corrected chi connectivity index (χ0v) is 13.8. The highest BCUT2D eigenvalue weighted by molar-refractivity contribution is 7.46. The number of carbonyl (C=O) groups excluding carboxylic acids is 1. The van der Waals surface area contributed by atoms with E-state index < -0.39 is 7.82 Å². The monoisotopic (exact) mass is 352 g/mol. The number of rotatable bonds is 7. The minimum absolute atomic E-state index is 0.0230. The van der Waals surface area contributed by atoms with Gasteiger partial charge in [-0.05, 0) is 36.2 Å². The molecule has 2 aromatic rings. The van der Waals surface area contributed by atoms with Crippen molar-refractivity contribution in [1.29, 1.82) is 0 Å². The first kappa shape index (κ1) is 18.0. The van der Waals surface area contributed by atoms with Gasteiger partial charge in [-0.25, -0.2) is 4.57 Å². The van der Waals surface area contributed by atoms with Crippen LogP contribution in [0.5, 0.6) is 17.2 Å². The number of hydrogen-bond acceptors (Lipinski definition) is 5. The molecular weight excluding hydrogens is 335 g/mol. The smallest absolute Gasteiger partial charge is 0.504 e. The van der Waals surface area contributed by atoms with E-state index in [0.717, 1.165) is 5.56 Å². The Labute approximate surface area is 138 Å². The molecular formula is C16H17O7P. The van der Waals surface area contributed by atoms with Gasteiger partial charge in [-0.1, -0.05) is 18.2 Å². The van der Waals surface area contributed by atoms with Crippen LogP contribution in [0.1, 0.15) is 22.3 Å². The lowest BCUT2D eigenvalue weighted by Crippen LogP contribution is -2.02. The molecule has 0 aromatic heterocycles. The van der Waals surface area contributed by atoms with Gasteiger partial charge in [-0.2, -0.15) is 0 Å². The first-order valence-corrected chi connectivity index (χ1v) is 8.56. The molecule has 0 saturated heterocycles. The third kappa shape index (κ3) is 5.09. The fraction of sp³-hybridized carbons (Fsp3) is 0.188. The van der Waals surface area contributed by atoms with Crippen molar-refractivity contribution >= 4 is 13.6 Å². The summed E-state index contributed by atoms with van der Waals surface area (Å²) in [5, 5.41) is 9.54. The standard InChI is InChI=1S/C16H17O7P/c1-22-16-9-11(6-8-15(16)18)5-7-14(17)12-3-2-4-13(10-12)23-24(19,20)21/h2-4,6,8-10,18H,5,7H2,1H3,(H2,19,20,21). The third-order valence-corrected chi connectivity index (χ3v) is 3.71. The van der Waals surface area contributed by atoms with Gasteiger partial charge < -0.3 is 14.4 Å². The zero-order chi connectivity index (χ0) is 17.7. The molecule has 7 nitrogen and oxygen atoms in total. The van der Waals surface area contributed by atoms with Crippen molar-refractivity contribution in [3.05, 3.63) is 53.6 Å². The summed E-state index contributed by atoms with van der Waals surface area (Å²) in [6.45, 7) is 0. The van der Waals surface area contributed by atoms with Crippen LogP contribution < -0.4 is 9.26 Å². The molecule has 0 heterocycles. The number of aromatic hydroxyl groups is 1. The Morgan fingerprint density at radius 2 is 1.92 bits per heavy atom. The number of aryl methyl sites for hydroxylation is 1. The van der Waals surface area contributed by atoms with E-state index in [1.807, 2.05) is 0 Å². The number of carbonyl (C=O) groups is 1. The Hall–Kier alpha value is -2.34. The summed E-state index contributed by atoms with van der Waals surface area (Å²) < 4.78 is 20.3. The van der Waals surface area contributed by atoms with Crippen LogP contribution in [0.4, 0.5) is 0 Å². The lowest BCUT2D eigenvalue weighted by atomic mass is 10.0. The van der Waals surface area contributed by atoms with Crippen LogP contribution in [0.25, 0.3) is 0 Å². The van der Waals surface area contributed by atoms with E-state index in [4.69, 9.17) is 14.5 Å². The topological polar surface area (TPSA) is 113 Å². The summed E-state index contributed by atoms with van der Waals surface area (Å²) in [6.07, 6.45) is 0.617. The average molecular weight is 352 g/mol. The fourth-order valence-corrected chi connectivity index (χ4v) is 2.53. The Bertz CT molecular complexity index is 782. The van der Waals surface area contributed by atoms with Crippen LogP contribution in [0.15, 0.2) is 42.5 Å². The van der Waals surface area contributed by atoms with Crippen molar-refractivity contribution < 1.29 is 33.5 Å². The van der Waals surface area contributed by atoms with Crippen LogP contribution in [0, 0.1) is 0 Å². The fourth-order valence-electron chi connectivity index (χ4n) is 2.14. The van der Waals surface area contributed by atoms with Crippen molar-refractivity contribution in [1.82, 2.24) is 0 Å². The number of hydrogen-bond donors (Lipinski definition) is 3. The molecule has 0 bridgehead atoms. The van der Waals surface area contributed by atoms with Crippen molar-refractivity contribution in [2.24, 2.45) is 0 Å². The van der Waals surface area contributed by atoms with E-state index in [1.165, 1.54) is 31.4 Å². The molecule has 0 amide bonds. The Balaban J connectivity index is 2.05. The molecule has 3 N–H and O–H groups in total. The van der Waals surface area contributed by atoms with Gasteiger partial charge in [0.05, 0.1) is 7.11 Å². The average Bonchev–Trinajstić information content (AvgIpc) is 2.52. The molecule has 0 aliphatic carbocycles. The molecule has 0 saturated carbocycles. The lowest BCUT2D eigenvalue weighted by Gasteiger charge is -2.09. The van der Waals surface area contributed by atoms with E-state index in [-0.39, 0.29) is 23.7 Å². The maximum absolute atomic E-state index is 12.2. The predicted octanol–water partition coefficient (Wildman–Crippen LogP) is 2.69. The van der Waals surface area contributed by atoms with Crippen LogP contribution in [-0.4, -0.2) is 27.8 Å². The van der Waals surface area contributed by atoms with E-state index in [1.54, 1.807) is 18.2 Å². The maximum atomic E-state index is 12.2. The second-order valence-electron chi connectivity index (χ2n) is 5.04. The quantitative estimate of drug-likeness (QED) is 0.518. The van der Waals surface area contributed by atoms with Gasteiger partial charge in [0, 0.05) is 12.0 Å². The van der Waals surface area contributed by atoms with Gasteiger partial charge in [0.15, 0.2) is 17.3 Å². The van der Waals surface area contributed by atoms with Crippen molar-refractivity contribution in [3.8, 4) is 17.2 Å². The molecule has 128 valence electrons. The summed E-state index contributed by atoms with van der Waals surface area (Å²) in [6, 6.07) is 10.5. The molecule has 8 heteroatoms. The SMILES string of the molecule is COc1cc(CCC(=O)c2cccc(OP(=O)(O)O)c2)ccc1O. The molecule has 0 spiro atoms. The third-order valence-electron chi connectivity index (χ3n) is 3.27. The molecule has 0 aliphatic heterocycles. The molecule has 0 aliphatic rings. The molecule has 2 aromatic carbocycles. The molecule has 24 heavy (non-hydrogen) atoms.